The van der Waals surface area contributed by atoms with Crippen molar-refractivity contribution in [2.45, 2.75) is 6.42 Å². The van der Waals surface area contributed by atoms with Crippen molar-refractivity contribution in [1.82, 2.24) is 4.90 Å². The van der Waals surface area contributed by atoms with Gasteiger partial charge in [-0.3, -0.25) is 0 Å². The van der Waals surface area contributed by atoms with Crippen molar-refractivity contribution in [1.29, 1.82) is 0 Å². The molecule has 0 fully saturated rings. The van der Waals surface area contributed by atoms with E-state index in [1.54, 1.807) is 0 Å². The van der Waals surface area contributed by atoms with Crippen LogP contribution in [0, 0.1) is 0 Å². The molecule has 0 aromatic heterocycles. The van der Waals surface area contributed by atoms with Gasteiger partial charge < -0.3 is 4.90 Å². The molecule has 0 bridgehead atoms. The van der Waals surface area contributed by atoms with E-state index in [9.17, 15) is 0 Å². The van der Waals surface area contributed by atoms with Crippen LogP contribution >= 0.6 is 15.9 Å². The molecular formula is C24H24BrN. The van der Waals surface area contributed by atoms with Crippen LogP contribution in [0.2, 0.25) is 0 Å². The first-order valence-corrected chi connectivity index (χ1v) is 9.75. The van der Waals surface area contributed by atoms with Crippen molar-refractivity contribution in [3.8, 4) is 11.1 Å². The molecule has 0 saturated carbocycles. The number of rotatable bonds is 7. The second kappa shape index (κ2) is 9.51. The molecule has 132 valence electrons. The largest absolute Gasteiger partial charge is 0.302 e. The molecule has 0 heterocycles. The summed E-state index contributed by atoms with van der Waals surface area (Å²) in [7, 11) is 2.17. The summed E-state index contributed by atoms with van der Waals surface area (Å²) in [6.45, 7) is 2.00. The van der Waals surface area contributed by atoms with E-state index in [0.29, 0.717) is 0 Å². The molecule has 0 unspecified atom stereocenters. The van der Waals surface area contributed by atoms with Gasteiger partial charge >= 0.3 is 0 Å². The predicted octanol–water partition coefficient (Wildman–Crippen LogP) is 6.30. The Kier molecular flexibility index (Phi) is 6.82. The molecule has 0 amide bonds. The van der Waals surface area contributed by atoms with Gasteiger partial charge in [0.2, 0.25) is 0 Å². The van der Waals surface area contributed by atoms with Crippen molar-refractivity contribution in [2.24, 2.45) is 0 Å². The van der Waals surface area contributed by atoms with Crippen LogP contribution in [0.4, 0.5) is 0 Å². The Bertz CT molecular complexity index is 841. The van der Waals surface area contributed by atoms with E-state index in [0.717, 1.165) is 24.0 Å². The van der Waals surface area contributed by atoms with Crippen molar-refractivity contribution in [2.75, 3.05) is 20.1 Å². The molecule has 0 aliphatic heterocycles. The van der Waals surface area contributed by atoms with Crippen LogP contribution < -0.4 is 0 Å². The molecule has 0 atom stereocenters. The summed E-state index contributed by atoms with van der Waals surface area (Å²) in [5.74, 6) is 0. The number of nitrogens with zero attached hydrogens (tertiary/aromatic N) is 1. The minimum Gasteiger partial charge on any atom is -0.302 e. The Morgan fingerprint density at radius 3 is 2.31 bits per heavy atom. The molecule has 2 heteroatoms. The third kappa shape index (κ3) is 5.42. The van der Waals surface area contributed by atoms with Crippen molar-refractivity contribution >= 4 is 22.0 Å². The molecule has 3 aromatic carbocycles. The molecule has 1 nitrogen and oxygen atoms in total. The topological polar surface area (TPSA) is 3.24 Å². The maximum Gasteiger partial charge on any atom is 0.0181 e. The molecule has 0 spiro atoms. The van der Waals surface area contributed by atoms with Crippen LogP contribution in [0.5, 0.6) is 0 Å². The first kappa shape index (κ1) is 18.6. The molecule has 3 rings (SSSR count). The quantitative estimate of drug-likeness (QED) is 0.445. The lowest BCUT2D eigenvalue weighted by Crippen LogP contribution is -2.21. The van der Waals surface area contributed by atoms with Crippen LogP contribution in [0.1, 0.15) is 11.1 Å². The fraction of sp³-hybridized carbons (Fsp3) is 0.167. The second-order valence-corrected chi connectivity index (χ2v) is 7.41. The van der Waals surface area contributed by atoms with Crippen molar-refractivity contribution < 1.29 is 0 Å². The van der Waals surface area contributed by atoms with Gasteiger partial charge in [-0.2, -0.15) is 0 Å². The van der Waals surface area contributed by atoms with Crippen LogP contribution in [0.15, 0.2) is 89.4 Å². The Morgan fingerprint density at radius 2 is 1.58 bits per heavy atom. The van der Waals surface area contributed by atoms with Crippen LogP contribution in [-0.2, 0) is 6.42 Å². The summed E-state index contributed by atoms with van der Waals surface area (Å²) in [4.78, 5) is 2.35. The highest BCUT2D eigenvalue weighted by atomic mass is 79.9. The van der Waals surface area contributed by atoms with Gasteiger partial charge in [0, 0.05) is 17.6 Å². The van der Waals surface area contributed by atoms with E-state index >= 15 is 0 Å². The van der Waals surface area contributed by atoms with E-state index in [1.807, 2.05) is 0 Å². The van der Waals surface area contributed by atoms with Gasteiger partial charge in [-0.25, -0.2) is 0 Å². The fourth-order valence-electron chi connectivity index (χ4n) is 2.96. The molecule has 0 saturated heterocycles. The Balaban J connectivity index is 1.63. The molecule has 0 aliphatic rings. The molecule has 0 N–H and O–H groups in total. The SMILES string of the molecule is CN(CC=Cc1ccc(Br)cc1-c1ccccc1)CCc1ccccc1. The van der Waals surface area contributed by atoms with E-state index in [1.165, 1.54) is 22.3 Å². The van der Waals surface area contributed by atoms with E-state index in [4.69, 9.17) is 0 Å². The van der Waals surface area contributed by atoms with Crippen LogP contribution in [0.3, 0.4) is 0 Å². The van der Waals surface area contributed by atoms with Gasteiger partial charge in [-0.15, -0.1) is 0 Å². The van der Waals surface area contributed by atoms with Crippen molar-refractivity contribution in [3.63, 3.8) is 0 Å². The maximum absolute atomic E-state index is 3.60. The third-order valence-electron chi connectivity index (χ3n) is 4.44. The molecule has 26 heavy (non-hydrogen) atoms. The summed E-state index contributed by atoms with van der Waals surface area (Å²) in [6.07, 6.45) is 5.56. The number of halogens is 1. The number of likely N-dealkylation sites (N-methyl/N-ethyl adjacent to an activating group) is 1. The molecule has 3 aromatic rings. The maximum atomic E-state index is 3.60. The number of benzene rings is 3. The normalized spacial score (nSPS) is 11.3. The zero-order valence-corrected chi connectivity index (χ0v) is 16.7. The van der Waals surface area contributed by atoms with Gasteiger partial charge in [-0.1, -0.05) is 94.8 Å². The minimum atomic E-state index is 0.942. The average molecular weight is 406 g/mol. The summed E-state index contributed by atoms with van der Waals surface area (Å²) in [5, 5.41) is 0. The highest BCUT2D eigenvalue weighted by molar-refractivity contribution is 9.10. The van der Waals surface area contributed by atoms with Gasteiger partial charge in [0.15, 0.2) is 0 Å². The molecule has 0 radical (unpaired) electrons. The Labute approximate surface area is 165 Å². The summed E-state index contributed by atoms with van der Waals surface area (Å²) in [5.41, 5.74) is 5.13. The monoisotopic (exact) mass is 405 g/mol. The molecular weight excluding hydrogens is 382 g/mol. The number of hydrogen-bond donors (Lipinski definition) is 0. The first-order chi connectivity index (χ1) is 12.7. The van der Waals surface area contributed by atoms with Crippen molar-refractivity contribution in [3.05, 3.63) is 101 Å². The highest BCUT2D eigenvalue weighted by Gasteiger charge is 2.04. The van der Waals surface area contributed by atoms with Gasteiger partial charge in [0.25, 0.3) is 0 Å². The zero-order chi connectivity index (χ0) is 18.2. The van der Waals surface area contributed by atoms with Gasteiger partial charge in [-0.05, 0) is 47.9 Å². The highest BCUT2D eigenvalue weighted by Crippen LogP contribution is 2.28. The van der Waals surface area contributed by atoms with Gasteiger partial charge in [0.05, 0.1) is 0 Å². The lowest BCUT2D eigenvalue weighted by molar-refractivity contribution is 0.375. The Morgan fingerprint density at radius 1 is 0.885 bits per heavy atom. The minimum absolute atomic E-state index is 0.942. The standard InChI is InChI=1S/C24H24BrN/c1-26(18-16-20-9-4-2-5-10-20)17-8-13-22-14-15-23(25)19-24(22)21-11-6-3-7-12-21/h2-15,19H,16-18H2,1H3. The second-order valence-electron chi connectivity index (χ2n) is 6.50. The number of hydrogen-bond acceptors (Lipinski definition) is 1. The Hall–Kier alpha value is -2.16. The fourth-order valence-corrected chi connectivity index (χ4v) is 3.32. The average Bonchev–Trinajstić information content (AvgIpc) is 2.69. The zero-order valence-electron chi connectivity index (χ0n) is 15.1. The third-order valence-corrected chi connectivity index (χ3v) is 4.93. The van der Waals surface area contributed by atoms with E-state index < -0.39 is 0 Å². The lowest BCUT2D eigenvalue weighted by Gasteiger charge is -2.14. The first-order valence-electron chi connectivity index (χ1n) is 8.96. The van der Waals surface area contributed by atoms with E-state index in [2.05, 4.69) is 119 Å². The summed E-state index contributed by atoms with van der Waals surface area (Å²) < 4.78 is 1.11. The summed E-state index contributed by atoms with van der Waals surface area (Å²) in [6, 6.07) is 27.7. The van der Waals surface area contributed by atoms with E-state index in [-0.39, 0.29) is 0 Å². The van der Waals surface area contributed by atoms with Crippen LogP contribution in [0.25, 0.3) is 17.2 Å². The molecule has 0 aliphatic carbocycles. The smallest absolute Gasteiger partial charge is 0.0181 e. The lowest BCUT2D eigenvalue weighted by atomic mass is 9.99. The predicted molar refractivity (Wildman–Crippen MR) is 116 cm³/mol. The summed E-state index contributed by atoms with van der Waals surface area (Å²) >= 11 is 3.60. The van der Waals surface area contributed by atoms with Gasteiger partial charge in [0.1, 0.15) is 0 Å². The van der Waals surface area contributed by atoms with Crippen LogP contribution in [-0.4, -0.2) is 25.0 Å².